The fourth-order valence-corrected chi connectivity index (χ4v) is 4.93. The number of nitrogens with one attached hydrogen (secondary N) is 3. The number of anilines is 1. The van der Waals surface area contributed by atoms with E-state index in [1.165, 1.54) is 23.9 Å². The molecule has 0 saturated carbocycles. The molecule has 0 fully saturated rings. The van der Waals surface area contributed by atoms with Crippen molar-refractivity contribution in [2.45, 2.75) is 23.9 Å². The first-order valence-electron chi connectivity index (χ1n) is 9.02. The molecule has 164 valence electrons. The molecule has 0 spiro atoms. The molecule has 1 amide bonds. The van der Waals surface area contributed by atoms with Crippen LogP contribution in [0.15, 0.2) is 59.5 Å². The number of carbonyl (C=O) groups is 1. The third-order valence-corrected chi connectivity index (χ3v) is 6.77. The van der Waals surface area contributed by atoms with Gasteiger partial charge in [-0.2, -0.15) is 16.5 Å². The zero-order valence-electron chi connectivity index (χ0n) is 16.7. The maximum atomic E-state index is 12.7. The number of rotatable bonds is 11. The molecule has 0 radical (unpaired) electrons. The Morgan fingerprint density at radius 1 is 1.00 bits per heavy atom. The number of hydrogen-bond acceptors (Lipinski definition) is 6. The summed E-state index contributed by atoms with van der Waals surface area (Å²) >= 11 is 1.50. The Kier molecular flexibility index (Phi) is 8.71. The number of benzene rings is 2. The summed E-state index contributed by atoms with van der Waals surface area (Å²) in [6.07, 6.45) is 3.22. The fourth-order valence-electron chi connectivity index (χ4n) is 2.61. The summed E-state index contributed by atoms with van der Waals surface area (Å²) in [7, 11) is -7.34. The van der Waals surface area contributed by atoms with Crippen molar-refractivity contribution in [3.8, 4) is 0 Å². The lowest BCUT2D eigenvalue weighted by atomic mass is 10.1. The van der Waals surface area contributed by atoms with Crippen molar-refractivity contribution < 1.29 is 21.6 Å². The second-order valence-electron chi connectivity index (χ2n) is 6.52. The first-order chi connectivity index (χ1) is 14.1. The summed E-state index contributed by atoms with van der Waals surface area (Å²) < 4.78 is 53.2. The average molecular weight is 472 g/mol. The molecule has 0 saturated heterocycles. The lowest BCUT2D eigenvalue weighted by Crippen LogP contribution is -2.46. The summed E-state index contributed by atoms with van der Waals surface area (Å²) in [6.45, 7) is 0.0420. The minimum Gasteiger partial charge on any atom is -0.351 e. The minimum atomic E-state index is -3.86. The van der Waals surface area contributed by atoms with E-state index in [4.69, 9.17) is 0 Å². The highest BCUT2D eigenvalue weighted by molar-refractivity contribution is 7.98. The van der Waals surface area contributed by atoms with E-state index in [-0.39, 0.29) is 11.4 Å². The van der Waals surface area contributed by atoms with E-state index in [0.29, 0.717) is 23.4 Å². The zero-order chi connectivity index (χ0) is 22.2. The lowest BCUT2D eigenvalue weighted by molar-refractivity contribution is -0.122. The number of hydrogen-bond donors (Lipinski definition) is 3. The molecule has 2 aromatic carbocycles. The Morgan fingerprint density at radius 3 is 2.27 bits per heavy atom. The molecule has 8 nitrogen and oxygen atoms in total. The molecule has 11 heteroatoms. The van der Waals surface area contributed by atoms with E-state index in [9.17, 15) is 21.6 Å². The number of amides is 1. The van der Waals surface area contributed by atoms with Gasteiger partial charge in [-0.3, -0.25) is 9.52 Å². The average Bonchev–Trinajstić information content (AvgIpc) is 2.69. The monoisotopic (exact) mass is 471 g/mol. The van der Waals surface area contributed by atoms with Crippen molar-refractivity contribution >= 4 is 43.4 Å². The van der Waals surface area contributed by atoms with Crippen LogP contribution in [0.1, 0.15) is 12.0 Å². The van der Waals surface area contributed by atoms with Gasteiger partial charge in [0.2, 0.25) is 26.0 Å². The van der Waals surface area contributed by atoms with Gasteiger partial charge in [-0.25, -0.2) is 16.8 Å². The van der Waals surface area contributed by atoms with Gasteiger partial charge in [0.25, 0.3) is 0 Å². The van der Waals surface area contributed by atoms with Gasteiger partial charge in [-0.05, 0) is 42.2 Å². The quantitative estimate of drug-likeness (QED) is 0.459. The van der Waals surface area contributed by atoms with Crippen LogP contribution < -0.4 is 14.8 Å². The van der Waals surface area contributed by atoms with Crippen LogP contribution in [-0.2, 0) is 31.4 Å². The first kappa shape index (κ1) is 24.2. The zero-order valence-corrected chi connectivity index (χ0v) is 19.1. The predicted molar refractivity (Wildman–Crippen MR) is 120 cm³/mol. The predicted octanol–water partition coefficient (Wildman–Crippen LogP) is 1.77. The van der Waals surface area contributed by atoms with Gasteiger partial charge >= 0.3 is 0 Å². The van der Waals surface area contributed by atoms with Gasteiger partial charge in [0.05, 0.1) is 16.8 Å². The molecule has 0 bridgehead atoms. The van der Waals surface area contributed by atoms with E-state index in [2.05, 4.69) is 14.8 Å². The molecule has 2 rings (SSSR count). The van der Waals surface area contributed by atoms with Gasteiger partial charge in [-0.15, -0.1) is 0 Å². The van der Waals surface area contributed by atoms with Crippen LogP contribution >= 0.6 is 11.8 Å². The molecule has 3 N–H and O–H groups in total. The van der Waals surface area contributed by atoms with E-state index >= 15 is 0 Å². The highest BCUT2D eigenvalue weighted by Crippen LogP contribution is 2.16. The third kappa shape index (κ3) is 7.63. The van der Waals surface area contributed by atoms with E-state index in [1.807, 2.05) is 6.26 Å². The normalized spacial score (nSPS) is 12.9. The van der Waals surface area contributed by atoms with Crippen molar-refractivity contribution in [1.29, 1.82) is 0 Å². The van der Waals surface area contributed by atoms with E-state index in [1.54, 1.807) is 42.5 Å². The van der Waals surface area contributed by atoms with Gasteiger partial charge in [0, 0.05) is 6.54 Å². The Balaban J connectivity index is 2.13. The summed E-state index contributed by atoms with van der Waals surface area (Å²) in [6, 6.07) is 13.5. The Hall–Kier alpha value is -2.08. The van der Waals surface area contributed by atoms with Crippen LogP contribution in [0.3, 0.4) is 0 Å². The molecular formula is C19H25N3O5S3. The van der Waals surface area contributed by atoms with Crippen molar-refractivity contribution in [1.82, 2.24) is 10.0 Å². The second-order valence-corrected chi connectivity index (χ2v) is 11.0. The number of carbonyl (C=O) groups excluding carboxylic acids is 1. The number of sulfonamides is 2. The van der Waals surface area contributed by atoms with Crippen molar-refractivity contribution in [3.05, 3.63) is 60.2 Å². The van der Waals surface area contributed by atoms with Crippen LogP contribution in [0.4, 0.5) is 5.69 Å². The van der Waals surface area contributed by atoms with E-state index in [0.717, 1.165) is 6.26 Å². The Bertz CT molecular complexity index is 1060. The fraction of sp³-hybridized carbons (Fsp3) is 0.316. The smallest absolute Gasteiger partial charge is 0.241 e. The molecule has 0 aromatic heterocycles. The molecule has 0 heterocycles. The van der Waals surface area contributed by atoms with Crippen molar-refractivity contribution in [2.75, 3.05) is 23.0 Å². The summed E-state index contributed by atoms with van der Waals surface area (Å²) in [4.78, 5) is 12.8. The number of para-hydroxylation sites is 1. The van der Waals surface area contributed by atoms with Crippen molar-refractivity contribution in [2.24, 2.45) is 0 Å². The van der Waals surface area contributed by atoms with Crippen LogP contribution in [-0.4, -0.2) is 47.0 Å². The summed E-state index contributed by atoms with van der Waals surface area (Å²) in [5, 5.41) is 2.70. The maximum absolute atomic E-state index is 12.7. The van der Waals surface area contributed by atoms with Crippen LogP contribution in [0.25, 0.3) is 0 Å². The lowest BCUT2D eigenvalue weighted by Gasteiger charge is -2.19. The highest BCUT2D eigenvalue weighted by Gasteiger charge is 2.25. The summed E-state index contributed by atoms with van der Waals surface area (Å²) in [5.74, 6) is 0.0967. The SMILES string of the molecule is CSCCC(NS(=O)(=O)c1ccccc1)C(=O)NCc1ccccc1NS(C)(=O)=O. The topological polar surface area (TPSA) is 121 Å². The van der Waals surface area contributed by atoms with Gasteiger partial charge in [0.1, 0.15) is 6.04 Å². The molecular weight excluding hydrogens is 446 g/mol. The molecule has 1 atom stereocenters. The van der Waals surface area contributed by atoms with Gasteiger partial charge < -0.3 is 5.32 Å². The standard InChI is InChI=1S/C19H25N3O5S3/c1-28-13-12-18(22-30(26,27)16-9-4-3-5-10-16)19(23)20-14-15-8-6-7-11-17(15)21-29(2,24)25/h3-11,18,21-22H,12-14H2,1-2H3,(H,20,23). The molecule has 0 aliphatic carbocycles. The molecule has 2 aromatic rings. The molecule has 0 aliphatic rings. The Labute approximate surface area is 181 Å². The highest BCUT2D eigenvalue weighted by atomic mass is 32.2. The van der Waals surface area contributed by atoms with Crippen LogP contribution in [0, 0.1) is 0 Å². The van der Waals surface area contributed by atoms with Crippen LogP contribution in [0.2, 0.25) is 0 Å². The molecule has 1 unspecified atom stereocenters. The second kappa shape index (κ2) is 10.8. The van der Waals surface area contributed by atoms with Crippen LogP contribution in [0.5, 0.6) is 0 Å². The summed E-state index contributed by atoms with van der Waals surface area (Å²) in [5.41, 5.74) is 0.914. The first-order valence-corrected chi connectivity index (χ1v) is 13.8. The van der Waals surface area contributed by atoms with Gasteiger partial charge in [0.15, 0.2) is 0 Å². The minimum absolute atomic E-state index is 0.0420. The van der Waals surface area contributed by atoms with E-state index < -0.39 is 32.0 Å². The third-order valence-electron chi connectivity index (χ3n) is 4.04. The maximum Gasteiger partial charge on any atom is 0.241 e. The molecule has 30 heavy (non-hydrogen) atoms. The van der Waals surface area contributed by atoms with Gasteiger partial charge in [-0.1, -0.05) is 36.4 Å². The van der Waals surface area contributed by atoms with Crippen molar-refractivity contribution in [3.63, 3.8) is 0 Å². The largest absolute Gasteiger partial charge is 0.351 e. The Morgan fingerprint density at radius 2 is 1.63 bits per heavy atom. The molecule has 0 aliphatic heterocycles. The number of thioether (sulfide) groups is 1.